The van der Waals surface area contributed by atoms with Crippen LogP contribution in [0.1, 0.15) is 65.2 Å². The van der Waals surface area contributed by atoms with Crippen molar-refractivity contribution in [2.24, 2.45) is 5.92 Å². The van der Waals surface area contributed by atoms with Gasteiger partial charge in [-0.15, -0.1) is 0 Å². The fourth-order valence-corrected chi connectivity index (χ4v) is 2.31. The van der Waals surface area contributed by atoms with Gasteiger partial charge in [-0.2, -0.15) is 0 Å². The molecule has 0 amide bonds. The lowest BCUT2D eigenvalue weighted by Crippen LogP contribution is -1.88. The minimum absolute atomic E-state index is 0.878. The van der Waals surface area contributed by atoms with Crippen LogP contribution in [-0.4, -0.2) is 0 Å². The first kappa shape index (κ1) is 14.3. The van der Waals surface area contributed by atoms with Gasteiger partial charge in [-0.05, 0) is 29.9 Å². The Hall–Kier alpha value is -0.780. The van der Waals surface area contributed by atoms with Gasteiger partial charge in [0.15, 0.2) is 0 Å². The Bertz CT molecular complexity index is 278. The highest BCUT2D eigenvalue weighted by atomic mass is 14.1. The Labute approximate surface area is 108 Å². The van der Waals surface area contributed by atoms with E-state index in [1.165, 1.54) is 62.5 Å². The Morgan fingerprint density at radius 3 is 2.24 bits per heavy atom. The van der Waals surface area contributed by atoms with Gasteiger partial charge < -0.3 is 0 Å². The fourth-order valence-electron chi connectivity index (χ4n) is 2.31. The Balaban J connectivity index is 1.87. The second-order valence-corrected chi connectivity index (χ2v) is 5.63. The van der Waals surface area contributed by atoms with Crippen LogP contribution >= 0.6 is 0 Å². The topological polar surface area (TPSA) is 0 Å². The van der Waals surface area contributed by atoms with Gasteiger partial charge in [-0.1, -0.05) is 77.2 Å². The third-order valence-electron chi connectivity index (χ3n) is 3.48. The molecule has 0 N–H and O–H groups in total. The van der Waals surface area contributed by atoms with Crippen molar-refractivity contribution in [2.75, 3.05) is 0 Å². The minimum Gasteiger partial charge on any atom is -0.0915 e. The number of hydrogen-bond acceptors (Lipinski definition) is 0. The van der Waals surface area contributed by atoms with Gasteiger partial charge in [-0.3, -0.25) is 0 Å². The lowest BCUT2D eigenvalue weighted by molar-refractivity contribution is 0.512. The van der Waals surface area contributed by atoms with E-state index in [0.29, 0.717) is 0 Å². The Morgan fingerprint density at radius 1 is 1.00 bits per heavy atom. The highest BCUT2D eigenvalue weighted by Gasteiger charge is 2.03. The third kappa shape index (κ3) is 6.51. The summed E-state index contributed by atoms with van der Waals surface area (Å²) < 4.78 is 0. The van der Waals surface area contributed by atoms with Crippen LogP contribution in [0.2, 0.25) is 0 Å². The van der Waals surface area contributed by atoms with E-state index in [-0.39, 0.29) is 0 Å². The van der Waals surface area contributed by atoms with E-state index in [2.05, 4.69) is 38.7 Å². The molecule has 0 saturated heterocycles. The van der Waals surface area contributed by atoms with Crippen molar-refractivity contribution < 1.29 is 0 Å². The first-order valence-electron chi connectivity index (χ1n) is 7.26. The molecule has 1 aliphatic carbocycles. The molecule has 0 aliphatic heterocycles. The second-order valence-electron chi connectivity index (χ2n) is 5.63. The van der Waals surface area contributed by atoms with Crippen molar-refractivity contribution in [3.8, 4) is 0 Å². The van der Waals surface area contributed by atoms with E-state index in [1.807, 2.05) is 0 Å². The number of rotatable bonds is 9. The SMILES string of the molecule is C=C1C=CC=C1CCCCCCCCC(C)C. The summed E-state index contributed by atoms with van der Waals surface area (Å²) in [5, 5.41) is 0. The van der Waals surface area contributed by atoms with Crippen molar-refractivity contribution >= 4 is 0 Å². The Morgan fingerprint density at radius 2 is 1.65 bits per heavy atom. The molecule has 17 heavy (non-hydrogen) atoms. The van der Waals surface area contributed by atoms with Gasteiger partial charge in [0.25, 0.3) is 0 Å². The average molecular weight is 232 g/mol. The molecule has 0 atom stereocenters. The average Bonchev–Trinajstić information content (AvgIpc) is 2.68. The van der Waals surface area contributed by atoms with Crippen LogP contribution in [-0.2, 0) is 0 Å². The van der Waals surface area contributed by atoms with Crippen LogP contribution in [0.15, 0.2) is 36.0 Å². The maximum Gasteiger partial charge on any atom is -0.0273 e. The number of allylic oxidation sites excluding steroid dienone is 5. The normalized spacial score (nSPS) is 14.8. The largest absolute Gasteiger partial charge is 0.0915 e. The maximum atomic E-state index is 4.04. The number of hydrogen-bond donors (Lipinski definition) is 0. The molecular formula is C17H28. The summed E-state index contributed by atoms with van der Waals surface area (Å²) in [6.45, 7) is 8.67. The fraction of sp³-hybridized carbons (Fsp3) is 0.647. The summed E-state index contributed by atoms with van der Waals surface area (Å²) in [5.41, 5.74) is 2.67. The van der Waals surface area contributed by atoms with E-state index in [4.69, 9.17) is 0 Å². The highest BCUT2D eigenvalue weighted by Crippen LogP contribution is 2.22. The van der Waals surface area contributed by atoms with Crippen molar-refractivity contribution in [1.82, 2.24) is 0 Å². The summed E-state index contributed by atoms with van der Waals surface area (Å²) in [4.78, 5) is 0. The minimum atomic E-state index is 0.878. The van der Waals surface area contributed by atoms with Crippen molar-refractivity contribution in [3.05, 3.63) is 36.0 Å². The first-order valence-corrected chi connectivity index (χ1v) is 7.26. The molecule has 96 valence electrons. The molecular weight excluding hydrogens is 204 g/mol. The van der Waals surface area contributed by atoms with Crippen LogP contribution in [0, 0.1) is 5.92 Å². The standard InChI is InChI=1S/C17H28/c1-15(2)11-8-6-4-5-7-9-13-17-14-10-12-16(17)3/h10,12,14-15H,3-9,11,13H2,1-2H3. The monoisotopic (exact) mass is 232 g/mol. The molecule has 0 aromatic carbocycles. The van der Waals surface area contributed by atoms with E-state index in [1.54, 1.807) is 0 Å². The molecule has 0 bridgehead atoms. The lowest BCUT2D eigenvalue weighted by Gasteiger charge is -2.05. The molecule has 0 heteroatoms. The van der Waals surface area contributed by atoms with Crippen LogP contribution in [0.5, 0.6) is 0 Å². The molecule has 0 aromatic rings. The van der Waals surface area contributed by atoms with E-state index < -0.39 is 0 Å². The molecule has 0 nitrogen and oxygen atoms in total. The summed E-state index contributed by atoms with van der Waals surface area (Å²) >= 11 is 0. The predicted molar refractivity (Wildman–Crippen MR) is 78.1 cm³/mol. The summed E-state index contributed by atoms with van der Waals surface area (Å²) in [6.07, 6.45) is 17.4. The molecule has 1 rings (SSSR count). The van der Waals surface area contributed by atoms with Crippen LogP contribution in [0.25, 0.3) is 0 Å². The van der Waals surface area contributed by atoms with E-state index >= 15 is 0 Å². The number of unbranched alkanes of at least 4 members (excludes halogenated alkanes) is 5. The molecule has 0 spiro atoms. The van der Waals surface area contributed by atoms with Gasteiger partial charge >= 0.3 is 0 Å². The zero-order valence-corrected chi connectivity index (χ0v) is 11.7. The van der Waals surface area contributed by atoms with E-state index in [0.717, 1.165) is 5.92 Å². The molecule has 0 fully saturated rings. The second kappa shape index (κ2) is 8.33. The van der Waals surface area contributed by atoms with Crippen molar-refractivity contribution in [2.45, 2.75) is 65.2 Å². The molecule has 0 saturated carbocycles. The first-order chi connectivity index (χ1) is 8.20. The third-order valence-corrected chi connectivity index (χ3v) is 3.48. The molecule has 0 aromatic heterocycles. The summed E-state index contributed by atoms with van der Waals surface area (Å²) in [6, 6.07) is 0. The maximum absolute atomic E-state index is 4.04. The zero-order valence-electron chi connectivity index (χ0n) is 11.7. The van der Waals surface area contributed by atoms with Crippen molar-refractivity contribution in [1.29, 1.82) is 0 Å². The lowest BCUT2D eigenvalue weighted by atomic mass is 10.0. The molecule has 0 heterocycles. The smallest absolute Gasteiger partial charge is 0.0273 e. The zero-order chi connectivity index (χ0) is 12.5. The molecule has 1 aliphatic rings. The summed E-state index contributed by atoms with van der Waals surface area (Å²) in [5.74, 6) is 0.878. The van der Waals surface area contributed by atoms with Gasteiger partial charge in [0.1, 0.15) is 0 Å². The van der Waals surface area contributed by atoms with Crippen molar-refractivity contribution in [3.63, 3.8) is 0 Å². The van der Waals surface area contributed by atoms with Gasteiger partial charge in [0, 0.05) is 0 Å². The van der Waals surface area contributed by atoms with Gasteiger partial charge in [0.05, 0.1) is 0 Å². The highest BCUT2D eigenvalue weighted by molar-refractivity contribution is 5.46. The quantitative estimate of drug-likeness (QED) is 0.440. The van der Waals surface area contributed by atoms with Gasteiger partial charge in [0.2, 0.25) is 0 Å². The van der Waals surface area contributed by atoms with Crippen LogP contribution in [0.4, 0.5) is 0 Å². The van der Waals surface area contributed by atoms with Crippen LogP contribution < -0.4 is 0 Å². The Kier molecular flexibility index (Phi) is 7.00. The van der Waals surface area contributed by atoms with Crippen LogP contribution in [0.3, 0.4) is 0 Å². The molecule has 0 radical (unpaired) electrons. The molecule has 0 unspecified atom stereocenters. The van der Waals surface area contributed by atoms with Gasteiger partial charge in [-0.25, -0.2) is 0 Å². The predicted octanol–water partition coefficient (Wildman–Crippen LogP) is 5.82. The van der Waals surface area contributed by atoms with E-state index in [9.17, 15) is 0 Å². The summed E-state index contributed by atoms with van der Waals surface area (Å²) in [7, 11) is 0.